The first-order valence-electron chi connectivity index (χ1n) is 4.07. The minimum Gasteiger partial charge on any atom is -0.398 e. The molecule has 1 aromatic carbocycles. The van der Waals surface area contributed by atoms with Crippen LogP contribution in [-0.4, -0.2) is 23.7 Å². The fourth-order valence-corrected chi connectivity index (χ4v) is 2.61. The standard InChI is InChI=1S/C9H12BrNO2S/c1-13-4-5-14(12)9-6-7(10)2-3-8(9)11/h2-3,6H,4-5,11H2,1H3. The van der Waals surface area contributed by atoms with E-state index in [4.69, 9.17) is 10.5 Å². The highest BCUT2D eigenvalue weighted by atomic mass is 79.9. The molecule has 0 aliphatic carbocycles. The van der Waals surface area contributed by atoms with E-state index in [-0.39, 0.29) is 0 Å². The van der Waals surface area contributed by atoms with Gasteiger partial charge in [-0.05, 0) is 18.2 Å². The van der Waals surface area contributed by atoms with Crippen molar-refractivity contribution in [3.63, 3.8) is 0 Å². The zero-order valence-electron chi connectivity index (χ0n) is 7.83. The van der Waals surface area contributed by atoms with Gasteiger partial charge in [0.25, 0.3) is 0 Å². The molecule has 0 heterocycles. The summed E-state index contributed by atoms with van der Waals surface area (Å²) in [6.45, 7) is 0.471. The van der Waals surface area contributed by atoms with E-state index in [2.05, 4.69) is 15.9 Å². The second-order valence-corrected chi connectivity index (χ2v) is 5.18. The average molecular weight is 278 g/mol. The van der Waals surface area contributed by atoms with Gasteiger partial charge in [-0.25, -0.2) is 0 Å². The van der Waals surface area contributed by atoms with Crippen molar-refractivity contribution in [2.24, 2.45) is 0 Å². The second-order valence-electron chi connectivity index (χ2n) is 2.72. The summed E-state index contributed by atoms with van der Waals surface area (Å²) in [6.07, 6.45) is 0. The SMILES string of the molecule is COCCS(=O)c1cc(Br)ccc1N. The first-order valence-corrected chi connectivity index (χ1v) is 6.18. The third-order valence-electron chi connectivity index (χ3n) is 1.69. The van der Waals surface area contributed by atoms with Crippen molar-refractivity contribution in [1.82, 2.24) is 0 Å². The molecule has 0 bridgehead atoms. The number of nitrogens with two attached hydrogens (primary N) is 1. The number of nitrogen functional groups attached to an aromatic ring is 1. The Morgan fingerprint density at radius 3 is 2.93 bits per heavy atom. The fraction of sp³-hybridized carbons (Fsp3) is 0.333. The number of rotatable bonds is 4. The molecule has 0 saturated carbocycles. The minimum absolute atomic E-state index is 0.469. The number of anilines is 1. The van der Waals surface area contributed by atoms with Crippen LogP contribution in [0.25, 0.3) is 0 Å². The van der Waals surface area contributed by atoms with Crippen LogP contribution in [0.1, 0.15) is 0 Å². The van der Waals surface area contributed by atoms with Gasteiger partial charge in [0, 0.05) is 17.3 Å². The van der Waals surface area contributed by atoms with Gasteiger partial charge in [-0.15, -0.1) is 0 Å². The quantitative estimate of drug-likeness (QED) is 0.854. The zero-order valence-corrected chi connectivity index (χ0v) is 10.2. The summed E-state index contributed by atoms with van der Waals surface area (Å²) in [5.41, 5.74) is 6.27. The Morgan fingerprint density at radius 2 is 2.29 bits per heavy atom. The summed E-state index contributed by atoms with van der Waals surface area (Å²) in [5, 5.41) is 0. The summed E-state index contributed by atoms with van der Waals surface area (Å²) in [5.74, 6) is 0.469. The lowest BCUT2D eigenvalue weighted by atomic mass is 10.3. The Hall–Kier alpha value is -0.390. The number of hydrogen-bond acceptors (Lipinski definition) is 3. The van der Waals surface area contributed by atoms with Crippen molar-refractivity contribution in [3.05, 3.63) is 22.7 Å². The molecule has 0 aliphatic heterocycles. The summed E-state index contributed by atoms with van der Waals surface area (Å²) >= 11 is 3.31. The molecule has 1 rings (SSSR count). The maximum atomic E-state index is 11.7. The van der Waals surface area contributed by atoms with Crippen molar-refractivity contribution < 1.29 is 8.95 Å². The molecular weight excluding hydrogens is 266 g/mol. The van der Waals surface area contributed by atoms with Gasteiger partial charge >= 0.3 is 0 Å². The normalized spacial score (nSPS) is 12.7. The molecular formula is C9H12BrNO2S. The zero-order chi connectivity index (χ0) is 10.6. The summed E-state index contributed by atoms with van der Waals surface area (Å²) in [7, 11) is 0.500. The lowest BCUT2D eigenvalue weighted by Gasteiger charge is -2.05. The van der Waals surface area contributed by atoms with Crippen molar-refractivity contribution in [1.29, 1.82) is 0 Å². The number of benzene rings is 1. The Kier molecular flexibility index (Phi) is 4.57. The molecule has 5 heteroatoms. The molecule has 14 heavy (non-hydrogen) atoms. The third-order valence-corrected chi connectivity index (χ3v) is 3.57. The monoisotopic (exact) mass is 277 g/mol. The van der Waals surface area contributed by atoms with Crippen LogP contribution in [0.5, 0.6) is 0 Å². The molecule has 1 atom stereocenters. The van der Waals surface area contributed by atoms with Gasteiger partial charge in [0.2, 0.25) is 0 Å². The van der Waals surface area contributed by atoms with Crippen LogP contribution < -0.4 is 5.73 Å². The molecule has 2 N–H and O–H groups in total. The molecule has 1 aromatic rings. The highest BCUT2D eigenvalue weighted by molar-refractivity contribution is 9.10. The molecule has 0 saturated heterocycles. The molecule has 1 unspecified atom stereocenters. The van der Waals surface area contributed by atoms with E-state index >= 15 is 0 Å². The van der Waals surface area contributed by atoms with Gasteiger partial charge in [0.05, 0.1) is 28.1 Å². The largest absolute Gasteiger partial charge is 0.398 e. The highest BCUT2D eigenvalue weighted by Crippen LogP contribution is 2.21. The van der Waals surface area contributed by atoms with Crippen molar-refractivity contribution in [2.75, 3.05) is 25.2 Å². The van der Waals surface area contributed by atoms with Gasteiger partial charge in [-0.3, -0.25) is 4.21 Å². The first-order chi connectivity index (χ1) is 6.65. The summed E-state index contributed by atoms with van der Waals surface area (Å²) in [4.78, 5) is 0.663. The molecule has 0 aromatic heterocycles. The predicted molar refractivity (Wildman–Crippen MR) is 61.7 cm³/mol. The van der Waals surface area contributed by atoms with E-state index in [1.54, 1.807) is 19.2 Å². The molecule has 78 valence electrons. The molecule has 0 fully saturated rings. The van der Waals surface area contributed by atoms with Crippen LogP contribution in [0.3, 0.4) is 0 Å². The molecule has 0 aliphatic rings. The maximum absolute atomic E-state index is 11.7. The Balaban J connectivity index is 2.83. The fourth-order valence-electron chi connectivity index (χ4n) is 0.974. The summed E-state index contributed by atoms with van der Waals surface area (Å²) < 4.78 is 17.4. The predicted octanol–water partition coefficient (Wildman–Crippen LogP) is 1.79. The lowest BCUT2D eigenvalue weighted by molar-refractivity contribution is 0.218. The van der Waals surface area contributed by atoms with Gasteiger partial charge in [-0.2, -0.15) is 0 Å². The Morgan fingerprint density at radius 1 is 1.57 bits per heavy atom. The van der Waals surface area contributed by atoms with Gasteiger partial charge in [-0.1, -0.05) is 15.9 Å². The van der Waals surface area contributed by atoms with E-state index in [0.717, 1.165) is 4.47 Å². The Bertz CT molecular complexity index is 344. The van der Waals surface area contributed by atoms with Gasteiger partial charge in [0.1, 0.15) is 0 Å². The topological polar surface area (TPSA) is 52.3 Å². The van der Waals surface area contributed by atoms with Crippen molar-refractivity contribution in [3.8, 4) is 0 Å². The van der Waals surface area contributed by atoms with E-state index in [1.807, 2.05) is 6.07 Å². The van der Waals surface area contributed by atoms with Crippen molar-refractivity contribution in [2.45, 2.75) is 4.90 Å². The maximum Gasteiger partial charge on any atom is 0.0629 e. The average Bonchev–Trinajstić information content (AvgIpc) is 2.18. The van der Waals surface area contributed by atoms with Crippen LogP contribution in [-0.2, 0) is 15.5 Å². The Labute approximate surface area is 94.2 Å². The smallest absolute Gasteiger partial charge is 0.0629 e. The minimum atomic E-state index is -1.09. The van der Waals surface area contributed by atoms with Crippen LogP contribution in [0, 0.1) is 0 Å². The van der Waals surface area contributed by atoms with E-state index in [0.29, 0.717) is 22.9 Å². The van der Waals surface area contributed by atoms with Crippen LogP contribution in [0.2, 0.25) is 0 Å². The number of halogens is 1. The van der Waals surface area contributed by atoms with Crippen LogP contribution in [0.15, 0.2) is 27.6 Å². The van der Waals surface area contributed by atoms with E-state index in [1.165, 1.54) is 0 Å². The van der Waals surface area contributed by atoms with Crippen LogP contribution >= 0.6 is 15.9 Å². The van der Waals surface area contributed by atoms with Gasteiger partial charge < -0.3 is 10.5 Å². The molecule has 3 nitrogen and oxygen atoms in total. The summed E-state index contributed by atoms with van der Waals surface area (Å²) in [6, 6.07) is 5.34. The number of ether oxygens (including phenoxy) is 1. The second kappa shape index (κ2) is 5.48. The molecule has 0 spiro atoms. The first kappa shape index (κ1) is 11.7. The van der Waals surface area contributed by atoms with Crippen molar-refractivity contribution >= 4 is 32.4 Å². The highest BCUT2D eigenvalue weighted by Gasteiger charge is 2.07. The molecule has 0 radical (unpaired) electrons. The van der Waals surface area contributed by atoms with Crippen LogP contribution in [0.4, 0.5) is 5.69 Å². The van der Waals surface area contributed by atoms with Gasteiger partial charge in [0.15, 0.2) is 0 Å². The number of methoxy groups -OCH3 is 1. The van der Waals surface area contributed by atoms with E-state index < -0.39 is 10.8 Å². The number of hydrogen-bond donors (Lipinski definition) is 1. The molecule has 0 amide bonds. The van der Waals surface area contributed by atoms with E-state index in [9.17, 15) is 4.21 Å². The lowest BCUT2D eigenvalue weighted by Crippen LogP contribution is -2.06. The third kappa shape index (κ3) is 3.08.